The van der Waals surface area contributed by atoms with Gasteiger partial charge in [0.2, 0.25) is 11.9 Å². The summed E-state index contributed by atoms with van der Waals surface area (Å²) in [5.41, 5.74) is 0. The van der Waals surface area contributed by atoms with Crippen molar-refractivity contribution in [2.75, 3.05) is 50.8 Å². The highest BCUT2D eigenvalue weighted by molar-refractivity contribution is 5.78. The van der Waals surface area contributed by atoms with Gasteiger partial charge in [-0.25, -0.2) is 4.98 Å². The van der Waals surface area contributed by atoms with Crippen molar-refractivity contribution in [1.29, 1.82) is 0 Å². The van der Waals surface area contributed by atoms with Crippen molar-refractivity contribution in [2.45, 2.75) is 18.9 Å². The molecule has 1 aromatic rings. The van der Waals surface area contributed by atoms with E-state index in [-0.39, 0.29) is 12.0 Å². The van der Waals surface area contributed by atoms with Crippen molar-refractivity contribution in [2.24, 2.45) is 7.05 Å². The van der Waals surface area contributed by atoms with Crippen molar-refractivity contribution in [3.63, 3.8) is 0 Å². The molecule has 0 aliphatic carbocycles. The third-order valence-electron chi connectivity index (χ3n) is 4.37. The summed E-state index contributed by atoms with van der Waals surface area (Å²) in [6.07, 6.45) is 6.16. The van der Waals surface area contributed by atoms with E-state index >= 15 is 0 Å². The van der Waals surface area contributed by atoms with E-state index in [1.54, 1.807) is 0 Å². The Balaban J connectivity index is 1.38. The second-order valence-electron chi connectivity index (χ2n) is 6.04. The highest BCUT2D eigenvalue weighted by atomic mass is 16.5. The van der Waals surface area contributed by atoms with Crippen molar-refractivity contribution < 1.29 is 9.53 Å². The Labute approximate surface area is 131 Å². The number of imidazole rings is 1. The summed E-state index contributed by atoms with van der Waals surface area (Å²) in [5, 5.41) is 2.98. The van der Waals surface area contributed by atoms with E-state index in [0.29, 0.717) is 13.1 Å². The molecular formula is C15H25N5O2. The van der Waals surface area contributed by atoms with Gasteiger partial charge in [0.1, 0.15) is 0 Å². The quantitative estimate of drug-likeness (QED) is 0.819. The molecule has 22 heavy (non-hydrogen) atoms. The van der Waals surface area contributed by atoms with E-state index in [9.17, 15) is 4.79 Å². The predicted molar refractivity (Wildman–Crippen MR) is 83.8 cm³/mol. The standard InChI is InChI=1S/C15H25N5O2/c1-18-5-4-16-15(18)20-8-6-19(7-9-20)12-14(21)17-11-13-3-2-10-22-13/h4-5,13H,2-3,6-12H2,1H3,(H,17,21). The summed E-state index contributed by atoms with van der Waals surface area (Å²) < 4.78 is 7.55. The van der Waals surface area contributed by atoms with E-state index in [0.717, 1.165) is 51.6 Å². The topological polar surface area (TPSA) is 62.6 Å². The van der Waals surface area contributed by atoms with Crippen LogP contribution >= 0.6 is 0 Å². The zero-order chi connectivity index (χ0) is 15.4. The highest BCUT2D eigenvalue weighted by Gasteiger charge is 2.22. The maximum absolute atomic E-state index is 12.0. The van der Waals surface area contributed by atoms with Gasteiger partial charge >= 0.3 is 0 Å². The van der Waals surface area contributed by atoms with Gasteiger partial charge in [0.05, 0.1) is 12.6 Å². The van der Waals surface area contributed by atoms with Crippen LogP contribution in [0.15, 0.2) is 12.4 Å². The van der Waals surface area contributed by atoms with Crippen LogP contribution in [-0.2, 0) is 16.6 Å². The number of aryl methyl sites for hydroxylation is 1. The largest absolute Gasteiger partial charge is 0.376 e. The van der Waals surface area contributed by atoms with E-state index in [1.165, 1.54) is 0 Å². The maximum Gasteiger partial charge on any atom is 0.234 e. The summed E-state index contributed by atoms with van der Waals surface area (Å²) in [6, 6.07) is 0. The van der Waals surface area contributed by atoms with Gasteiger partial charge in [-0.1, -0.05) is 0 Å². The molecule has 0 spiro atoms. The molecule has 7 heteroatoms. The van der Waals surface area contributed by atoms with E-state index in [1.807, 2.05) is 24.0 Å². The highest BCUT2D eigenvalue weighted by Crippen LogP contribution is 2.13. The zero-order valence-electron chi connectivity index (χ0n) is 13.2. The molecule has 0 bridgehead atoms. The number of nitrogens with one attached hydrogen (secondary N) is 1. The van der Waals surface area contributed by atoms with Gasteiger partial charge in [0.25, 0.3) is 0 Å². The van der Waals surface area contributed by atoms with Gasteiger partial charge in [0.15, 0.2) is 0 Å². The number of piperazine rings is 1. The molecule has 3 rings (SSSR count). The summed E-state index contributed by atoms with van der Waals surface area (Å²) in [4.78, 5) is 20.8. The molecule has 1 unspecified atom stereocenters. The molecular weight excluding hydrogens is 282 g/mol. The molecule has 0 aromatic carbocycles. The molecule has 1 aromatic heterocycles. The minimum Gasteiger partial charge on any atom is -0.376 e. The minimum atomic E-state index is 0.0981. The molecule has 7 nitrogen and oxygen atoms in total. The maximum atomic E-state index is 12.0. The average molecular weight is 307 g/mol. The first-order chi connectivity index (χ1) is 10.7. The van der Waals surface area contributed by atoms with Gasteiger partial charge in [-0.2, -0.15) is 0 Å². The predicted octanol–water partition coefficient (Wildman–Crippen LogP) is -0.163. The molecule has 3 heterocycles. The molecule has 1 atom stereocenters. The normalized spacial score (nSPS) is 23.0. The van der Waals surface area contributed by atoms with Crippen molar-refractivity contribution in [1.82, 2.24) is 19.8 Å². The molecule has 1 N–H and O–H groups in total. The Morgan fingerprint density at radius 3 is 2.86 bits per heavy atom. The Hall–Kier alpha value is -1.60. The van der Waals surface area contributed by atoms with Crippen LogP contribution in [0.5, 0.6) is 0 Å². The zero-order valence-corrected chi connectivity index (χ0v) is 13.2. The first-order valence-electron chi connectivity index (χ1n) is 8.05. The average Bonchev–Trinajstić information content (AvgIpc) is 3.17. The molecule has 0 saturated carbocycles. The lowest BCUT2D eigenvalue weighted by atomic mass is 10.2. The summed E-state index contributed by atoms with van der Waals surface area (Å²) in [5.74, 6) is 1.10. The van der Waals surface area contributed by atoms with E-state index < -0.39 is 0 Å². The number of hydrogen-bond donors (Lipinski definition) is 1. The smallest absolute Gasteiger partial charge is 0.234 e. The van der Waals surface area contributed by atoms with Crippen molar-refractivity contribution in [3.8, 4) is 0 Å². The molecule has 2 saturated heterocycles. The molecule has 2 aliphatic rings. The number of carbonyl (C=O) groups excluding carboxylic acids is 1. The fourth-order valence-electron chi connectivity index (χ4n) is 3.06. The van der Waals surface area contributed by atoms with Gasteiger partial charge in [-0.3, -0.25) is 9.69 Å². The first kappa shape index (κ1) is 15.3. The molecule has 2 fully saturated rings. The minimum absolute atomic E-state index is 0.0981. The third-order valence-corrected chi connectivity index (χ3v) is 4.37. The molecule has 122 valence electrons. The summed E-state index contributed by atoms with van der Waals surface area (Å²) in [7, 11) is 2.01. The van der Waals surface area contributed by atoms with Crippen LogP contribution in [0.25, 0.3) is 0 Å². The lowest BCUT2D eigenvalue weighted by Crippen LogP contribution is -2.50. The van der Waals surface area contributed by atoms with Crippen LogP contribution in [0.2, 0.25) is 0 Å². The van der Waals surface area contributed by atoms with Crippen molar-refractivity contribution in [3.05, 3.63) is 12.4 Å². The fraction of sp³-hybridized carbons (Fsp3) is 0.733. The Bertz CT molecular complexity index is 490. The molecule has 1 amide bonds. The van der Waals surface area contributed by atoms with Crippen LogP contribution in [0.3, 0.4) is 0 Å². The first-order valence-corrected chi connectivity index (χ1v) is 8.05. The second-order valence-corrected chi connectivity index (χ2v) is 6.04. The number of carbonyl (C=O) groups is 1. The molecule has 2 aliphatic heterocycles. The van der Waals surface area contributed by atoms with Crippen LogP contribution in [-0.4, -0.2) is 72.3 Å². The van der Waals surface area contributed by atoms with Crippen LogP contribution in [0.4, 0.5) is 5.95 Å². The number of rotatable bonds is 5. The lowest BCUT2D eigenvalue weighted by Gasteiger charge is -2.34. The fourth-order valence-corrected chi connectivity index (χ4v) is 3.06. The SMILES string of the molecule is Cn1ccnc1N1CCN(CC(=O)NCC2CCCO2)CC1. The van der Waals surface area contributed by atoms with Gasteiger partial charge in [-0.15, -0.1) is 0 Å². The third kappa shape index (κ3) is 3.78. The Morgan fingerprint density at radius 1 is 1.41 bits per heavy atom. The number of amides is 1. The Morgan fingerprint density at radius 2 is 2.23 bits per heavy atom. The van der Waals surface area contributed by atoms with E-state index in [2.05, 4.69) is 20.1 Å². The van der Waals surface area contributed by atoms with Crippen LogP contribution in [0, 0.1) is 0 Å². The number of nitrogens with zero attached hydrogens (tertiary/aromatic N) is 4. The van der Waals surface area contributed by atoms with Crippen molar-refractivity contribution >= 4 is 11.9 Å². The molecule has 0 radical (unpaired) electrons. The monoisotopic (exact) mass is 307 g/mol. The summed E-state index contributed by atoms with van der Waals surface area (Å²) >= 11 is 0. The van der Waals surface area contributed by atoms with Gasteiger partial charge in [-0.05, 0) is 12.8 Å². The lowest BCUT2D eigenvalue weighted by molar-refractivity contribution is -0.122. The number of aromatic nitrogens is 2. The Kier molecular flexibility index (Phi) is 4.94. The van der Waals surface area contributed by atoms with Gasteiger partial charge < -0.3 is 19.5 Å². The number of hydrogen-bond acceptors (Lipinski definition) is 5. The number of ether oxygens (including phenoxy) is 1. The second kappa shape index (κ2) is 7.11. The van der Waals surface area contributed by atoms with E-state index in [4.69, 9.17) is 4.74 Å². The number of anilines is 1. The van der Waals surface area contributed by atoms with Crippen LogP contribution < -0.4 is 10.2 Å². The summed E-state index contributed by atoms with van der Waals surface area (Å²) in [6.45, 7) is 5.54. The van der Waals surface area contributed by atoms with Crippen LogP contribution in [0.1, 0.15) is 12.8 Å². The van der Waals surface area contributed by atoms with Gasteiger partial charge in [0, 0.05) is 58.8 Å².